The lowest BCUT2D eigenvalue weighted by Crippen LogP contribution is -2.48. The van der Waals surface area contributed by atoms with E-state index in [1.807, 2.05) is 4.90 Å². The minimum Gasteiger partial charge on any atom is -0.472 e. The molecule has 134 valence electrons. The van der Waals surface area contributed by atoms with Crippen LogP contribution in [0.3, 0.4) is 0 Å². The van der Waals surface area contributed by atoms with Gasteiger partial charge in [0.2, 0.25) is 5.82 Å². The Morgan fingerprint density at radius 1 is 1.08 bits per heavy atom. The Morgan fingerprint density at radius 2 is 1.81 bits per heavy atom. The average Bonchev–Trinajstić information content (AvgIpc) is 3.32. The molecule has 0 spiro atoms. The number of piperazine rings is 1. The maximum absolute atomic E-state index is 12.3. The fourth-order valence-electron chi connectivity index (χ4n) is 2.81. The van der Waals surface area contributed by atoms with E-state index in [2.05, 4.69) is 10.1 Å². The van der Waals surface area contributed by atoms with Gasteiger partial charge in [0.25, 0.3) is 5.91 Å². The molecule has 0 saturated carbocycles. The molecule has 2 aromatic heterocycles. The standard InChI is InChI=1S/C17H14Cl2N4O3/c18-13-7-12(8-14(19)9-13)15-20-17(26-21-15)23-4-2-22(3-5-23)16(24)11-1-6-25-10-11/h1,6-10H,2-5H2. The van der Waals surface area contributed by atoms with Crippen molar-refractivity contribution in [3.63, 3.8) is 0 Å². The van der Waals surface area contributed by atoms with Gasteiger partial charge >= 0.3 is 6.01 Å². The zero-order valence-corrected chi connectivity index (χ0v) is 15.1. The summed E-state index contributed by atoms with van der Waals surface area (Å²) in [6.45, 7) is 2.32. The fourth-order valence-corrected chi connectivity index (χ4v) is 3.34. The molecule has 1 amide bonds. The maximum atomic E-state index is 12.3. The topological polar surface area (TPSA) is 75.6 Å². The Morgan fingerprint density at radius 3 is 2.46 bits per heavy atom. The van der Waals surface area contributed by atoms with Gasteiger partial charge in [-0.2, -0.15) is 4.98 Å². The summed E-state index contributed by atoms with van der Waals surface area (Å²) < 4.78 is 10.3. The number of hydrogen-bond acceptors (Lipinski definition) is 6. The van der Waals surface area contributed by atoms with Crippen LogP contribution in [-0.2, 0) is 0 Å². The first kappa shape index (κ1) is 16.9. The van der Waals surface area contributed by atoms with Gasteiger partial charge in [0.1, 0.15) is 6.26 Å². The van der Waals surface area contributed by atoms with E-state index in [0.29, 0.717) is 59.2 Å². The molecule has 4 rings (SSSR count). The van der Waals surface area contributed by atoms with Gasteiger partial charge in [0.05, 0.1) is 11.8 Å². The summed E-state index contributed by atoms with van der Waals surface area (Å²) in [5.41, 5.74) is 1.24. The third-order valence-electron chi connectivity index (χ3n) is 4.14. The van der Waals surface area contributed by atoms with Crippen LogP contribution in [0.4, 0.5) is 6.01 Å². The summed E-state index contributed by atoms with van der Waals surface area (Å²) in [4.78, 5) is 20.5. The van der Waals surface area contributed by atoms with Gasteiger partial charge in [0.15, 0.2) is 0 Å². The van der Waals surface area contributed by atoms with E-state index in [1.165, 1.54) is 12.5 Å². The molecule has 1 fully saturated rings. The summed E-state index contributed by atoms with van der Waals surface area (Å²) in [6, 6.07) is 7.16. The molecule has 0 atom stereocenters. The van der Waals surface area contributed by atoms with Crippen LogP contribution < -0.4 is 4.90 Å². The minimum atomic E-state index is -0.0433. The van der Waals surface area contributed by atoms with Gasteiger partial charge in [-0.25, -0.2) is 0 Å². The zero-order valence-electron chi connectivity index (χ0n) is 13.6. The monoisotopic (exact) mass is 392 g/mol. The smallest absolute Gasteiger partial charge is 0.324 e. The molecule has 7 nitrogen and oxygen atoms in total. The molecular formula is C17H14Cl2N4O3. The number of rotatable bonds is 3. The zero-order chi connectivity index (χ0) is 18.1. The van der Waals surface area contributed by atoms with Crippen molar-refractivity contribution in [2.24, 2.45) is 0 Å². The number of benzene rings is 1. The lowest BCUT2D eigenvalue weighted by atomic mass is 10.2. The van der Waals surface area contributed by atoms with Crippen LogP contribution in [0.2, 0.25) is 10.0 Å². The van der Waals surface area contributed by atoms with E-state index in [-0.39, 0.29) is 5.91 Å². The highest BCUT2D eigenvalue weighted by Gasteiger charge is 2.25. The summed E-state index contributed by atoms with van der Waals surface area (Å²) in [5, 5.41) is 5.01. The van der Waals surface area contributed by atoms with Crippen molar-refractivity contribution in [2.45, 2.75) is 0 Å². The second-order valence-corrected chi connectivity index (χ2v) is 6.72. The lowest BCUT2D eigenvalue weighted by Gasteiger charge is -2.33. The minimum absolute atomic E-state index is 0.0433. The normalized spacial score (nSPS) is 14.7. The van der Waals surface area contributed by atoms with Gasteiger partial charge < -0.3 is 18.7 Å². The molecule has 0 unspecified atom stereocenters. The number of carbonyl (C=O) groups is 1. The first-order valence-corrected chi connectivity index (χ1v) is 8.72. The summed E-state index contributed by atoms with van der Waals surface area (Å²) in [5.74, 6) is 0.375. The number of furan rings is 1. The fraction of sp³-hybridized carbons (Fsp3) is 0.235. The summed E-state index contributed by atoms with van der Waals surface area (Å²) in [7, 11) is 0. The summed E-state index contributed by atoms with van der Waals surface area (Å²) >= 11 is 12.0. The van der Waals surface area contributed by atoms with Crippen LogP contribution in [0.25, 0.3) is 11.4 Å². The molecule has 26 heavy (non-hydrogen) atoms. The second kappa shape index (κ2) is 7.01. The molecule has 0 N–H and O–H groups in total. The number of anilines is 1. The van der Waals surface area contributed by atoms with Crippen LogP contribution in [-0.4, -0.2) is 47.1 Å². The molecule has 1 aromatic carbocycles. The van der Waals surface area contributed by atoms with Crippen molar-refractivity contribution in [3.05, 3.63) is 52.4 Å². The van der Waals surface area contributed by atoms with Crippen molar-refractivity contribution in [2.75, 3.05) is 31.1 Å². The van der Waals surface area contributed by atoms with Crippen molar-refractivity contribution in [3.8, 4) is 11.4 Å². The summed E-state index contributed by atoms with van der Waals surface area (Å²) in [6.07, 6.45) is 2.95. The number of hydrogen-bond donors (Lipinski definition) is 0. The number of amides is 1. The number of halogens is 2. The van der Waals surface area contributed by atoms with Crippen molar-refractivity contribution >= 4 is 35.1 Å². The molecule has 9 heteroatoms. The van der Waals surface area contributed by atoms with E-state index in [0.717, 1.165) is 0 Å². The molecular weight excluding hydrogens is 379 g/mol. The van der Waals surface area contributed by atoms with Crippen molar-refractivity contribution in [1.29, 1.82) is 0 Å². The van der Waals surface area contributed by atoms with Crippen LogP contribution in [0.1, 0.15) is 10.4 Å². The quantitative estimate of drug-likeness (QED) is 0.677. The first-order valence-electron chi connectivity index (χ1n) is 7.97. The Kier molecular flexibility index (Phi) is 4.57. The number of aromatic nitrogens is 2. The van der Waals surface area contributed by atoms with Crippen LogP contribution in [0.5, 0.6) is 0 Å². The van der Waals surface area contributed by atoms with Gasteiger partial charge in [-0.1, -0.05) is 28.4 Å². The van der Waals surface area contributed by atoms with Crippen LogP contribution in [0.15, 0.2) is 45.7 Å². The van der Waals surface area contributed by atoms with Crippen molar-refractivity contribution < 1.29 is 13.7 Å². The Hall–Kier alpha value is -2.51. The third kappa shape index (κ3) is 3.40. The molecule has 3 heterocycles. The molecule has 1 aliphatic heterocycles. The lowest BCUT2D eigenvalue weighted by molar-refractivity contribution is 0.0744. The highest BCUT2D eigenvalue weighted by molar-refractivity contribution is 6.35. The number of nitrogens with zero attached hydrogens (tertiary/aromatic N) is 4. The largest absolute Gasteiger partial charge is 0.472 e. The molecule has 1 saturated heterocycles. The van der Waals surface area contributed by atoms with E-state index < -0.39 is 0 Å². The van der Waals surface area contributed by atoms with Gasteiger partial charge in [-0.3, -0.25) is 4.79 Å². The average molecular weight is 393 g/mol. The molecule has 0 radical (unpaired) electrons. The molecule has 0 bridgehead atoms. The van der Waals surface area contributed by atoms with Crippen molar-refractivity contribution in [1.82, 2.24) is 15.0 Å². The van der Waals surface area contributed by atoms with Crippen LogP contribution in [0, 0.1) is 0 Å². The second-order valence-electron chi connectivity index (χ2n) is 5.85. The van der Waals surface area contributed by atoms with Gasteiger partial charge in [-0.05, 0) is 24.3 Å². The predicted octanol–water partition coefficient (Wildman–Crippen LogP) is 3.60. The van der Waals surface area contributed by atoms with Crippen LogP contribution >= 0.6 is 23.2 Å². The van der Waals surface area contributed by atoms with E-state index >= 15 is 0 Å². The highest BCUT2D eigenvalue weighted by atomic mass is 35.5. The first-order chi connectivity index (χ1) is 12.6. The van der Waals surface area contributed by atoms with Gasteiger partial charge in [-0.15, -0.1) is 0 Å². The molecule has 3 aromatic rings. The predicted molar refractivity (Wildman–Crippen MR) is 96.6 cm³/mol. The third-order valence-corrected chi connectivity index (χ3v) is 4.58. The SMILES string of the molecule is O=C(c1ccoc1)N1CCN(c2nc(-c3cc(Cl)cc(Cl)c3)no2)CC1. The van der Waals surface area contributed by atoms with E-state index in [4.69, 9.17) is 32.1 Å². The molecule has 1 aliphatic rings. The Labute approximate surface area is 159 Å². The molecule has 0 aliphatic carbocycles. The Bertz CT molecular complexity index is 898. The van der Waals surface area contributed by atoms with E-state index in [1.54, 1.807) is 29.2 Å². The van der Waals surface area contributed by atoms with Gasteiger partial charge in [0, 0.05) is 41.8 Å². The van der Waals surface area contributed by atoms with E-state index in [9.17, 15) is 4.79 Å². The Balaban J connectivity index is 1.44. The number of carbonyl (C=O) groups excluding carboxylic acids is 1. The highest BCUT2D eigenvalue weighted by Crippen LogP contribution is 2.27. The maximum Gasteiger partial charge on any atom is 0.324 e.